The summed E-state index contributed by atoms with van der Waals surface area (Å²) in [4.78, 5) is 11.8. The van der Waals surface area contributed by atoms with Crippen molar-refractivity contribution in [1.29, 1.82) is 0 Å². The summed E-state index contributed by atoms with van der Waals surface area (Å²) in [5.41, 5.74) is 0.620. The highest BCUT2D eigenvalue weighted by Gasteiger charge is 2.19. The Morgan fingerprint density at radius 1 is 1.26 bits per heavy atom. The predicted octanol–water partition coefficient (Wildman–Crippen LogP) is 3.45. The molecule has 19 heavy (non-hydrogen) atoms. The molecule has 0 heterocycles. The second-order valence-electron chi connectivity index (χ2n) is 5.62. The first-order chi connectivity index (χ1) is 9.15. The Bertz CT molecular complexity index is 425. The third kappa shape index (κ3) is 4.34. The van der Waals surface area contributed by atoms with Crippen molar-refractivity contribution in [3.63, 3.8) is 0 Å². The monoisotopic (exact) mass is 263 g/mol. The Morgan fingerprint density at radius 3 is 2.63 bits per heavy atom. The number of hydrogen-bond acceptors (Lipinski definition) is 1. The molecule has 0 aromatic heterocycles. The quantitative estimate of drug-likeness (QED) is 0.885. The fourth-order valence-corrected chi connectivity index (χ4v) is 2.65. The summed E-state index contributed by atoms with van der Waals surface area (Å²) in [5, 5.41) is 3.07. The average Bonchev–Trinajstić information content (AvgIpc) is 2.40. The summed E-state index contributed by atoms with van der Waals surface area (Å²) in [7, 11) is 0. The van der Waals surface area contributed by atoms with Crippen LogP contribution < -0.4 is 5.32 Å². The lowest BCUT2D eigenvalue weighted by Gasteiger charge is -2.26. The molecular weight excluding hydrogens is 241 g/mol. The molecule has 1 aliphatic carbocycles. The molecule has 1 fully saturated rings. The second-order valence-corrected chi connectivity index (χ2v) is 5.62. The summed E-state index contributed by atoms with van der Waals surface area (Å²) in [6.07, 6.45) is 5.38. The lowest BCUT2D eigenvalue weighted by Crippen LogP contribution is -2.37. The third-order valence-corrected chi connectivity index (χ3v) is 3.96. The summed E-state index contributed by atoms with van der Waals surface area (Å²) in [6, 6.07) is 6.98. The van der Waals surface area contributed by atoms with Crippen molar-refractivity contribution >= 4 is 5.91 Å². The fraction of sp³-hybridized carbons (Fsp3) is 0.562. The van der Waals surface area contributed by atoms with Gasteiger partial charge in [0, 0.05) is 12.5 Å². The molecular formula is C16H22FNO. The Morgan fingerprint density at radius 2 is 1.95 bits per heavy atom. The molecule has 1 aromatic carbocycles. The van der Waals surface area contributed by atoms with Crippen molar-refractivity contribution in [2.24, 2.45) is 5.92 Å². The van der Waals surface area contributed by atoms with Crippen LogP contribution >= 0.6 is 0 Å². The van der Waals surface area contributed by atoms with E-state index in [-0.39, 0.29) is 11.7 Å². The molecule has 0 bridgehead atoms. The molecule has 3 heteroatoms. The highest BCUT2D eigenvalue weighted by Crippen LogP contribution is 2.23. The molecule has 0 saturated heterocycles. The maximum absolute atomic E-state index is 13.4. The van der Waals surface area contributed by atoms with E-state index in [0.29, 0.717) is 24.4 Å². The van der Waals surface area contributed by atoms with Crippen LogP contribution in [-0.2, 0) is 11.2 Å². The molecule has 1 aliphatic rings. The van der Waals surface area contributed by atoms with Crippen LogP contribution in [0.3, 0.4) is 0 Å². The molecule has 0 unspecified atom stereocenters. The van der Waals surface area contributed by atoms with Gasteiger partial charge in [0.05, 0.1) is 0 Å². The molecule has 1 aromatic rings. The Balaban J connectivity index is 1.74. The van der Waals surface area contributed by atoms with E-state index >= 15 is 0 Å². The molecule has 2 rings (SSSR count). The second kappa shape index (κ2) is 6.69. The highest BCUT2D eigenvalue weighted by molar-refractivity contribution is 5.76. The predicted molar refractivity (Wildman–Crippen MR) is 74.3 cm³/mol. The number of carbonyl (C=O) groups excluding carboxylic acids is 1. The zero-order chi connectivity index (χ0) is 13.7. The number of aryl methyl sites for hydroxylation is 1. The van der Waals surface area contributed by atoms with Crippen LogP contribution in [0.4, 0.5) is 4.39 Å². The van der Waals surface area contributed by atoms with Crippen LogP contribution in [-0.4, -0.2) is 11.9 Å². The van der Waals surface area contributed by atoms with Crippen molar-refractivity contribution in [3.8, 4) is 0 Å². The lowest BCUT2D eigenvalue weighted by molar-refractivity contribution is -0.122. The van der Waals surface area contributed by atoms with Gasteiger partial charge in [0.25, 0.3) is 0 Å². The number of amides is 1. The van der Waals surface area contributed by atoms with E-state index in [2.05, 4.69) is 12.2 Å². The van der Waals surface area contributed by atoms with Crippen molar-refractivity contribution in [2.75, 3.05) is 0 Å². The SMILES string of the molecule is CC1CCC(NC(=O)CCc2ccccc2F)CC1. The number of hydrogen-bond donors (Lipinski definition) is 1. The first-order valence-corrected chi connectivity index (χ1v) is 7.18. The topological polar surface area (TPSA) is 29.1 Å². The van der Waals surface area contributed by atoms with Gasteiger partial charge in [0.15, 0.2) is 0 Å². The van der Waals surface area contributed by atoms with Crippen LogP contribution in [0.15, 0.2) is 24.3 Å². The fourth-order valence-electron chi connectivity index (χ4n) is 2.65. The molecule has 0 radical (unpaired) electrons. The normalized spacial score (nSPS) is 23.1. The van der Waals surface area contributed by atoms with E-state index in [4.69, 9.17) is 0 Å². The number of halogens is 1. The molecule has 2 nitrogen and oxygen atoms in total. The summed E-state index contributed by atoms with van der Waals surface area (Å²) in [5.74, 6) is 0.608. The number of nitrogens with one attached hydrogen (secondary N) is 1. The van der Waals surface area contributed by atoms with E-state index in [1.54, 1.807) is 18.2 Å². The van der Waals surface area contributed by atoms with Gasteiger partial charge >= 0.3 is 0 Å². The van der Waals surface area contributed by atoms with Crippen molar-refractivity contribution in [2.45, 2.75) is 51.5 Å². The average molecular weight is 263 g/mol. The highest BCUT2D eigenvalue weighted by atomic mass is 19.1. The Labute approximate surface area is 114 Å². The lowest BCUT2D eigenvalue weighted by atomic mass is 9.87. The summed E-state index contributed by atoms with van der Waals surface area (Å²) >= 11 is 0. The van der Waals surface area contributed by atoms with Crippen LogP contribution in [0.1, 0.15) is 44.6 Å². The third-order valence-electron chi connectivity index (χ3n) is 3.96. The smallest absolute Gasteiger partial charge is 0.220 e. The van der Waals surface area contributed by atoms with Gasteiger partial charge in [-0.2, -0.15) is 0 Å². The van der Waals surface area contributed by atoms with Gasteiger partial charge in [0.2, 0.25) is 5.91 Å². The largest absolute Gasteiger partial charge is 0.353 e. The van der Waals surface area contributed by atoms with E-state index < -0.39 is 0 Å². The summed E-state index contributed by atoms with van der Waals surface area (Å²) in [6.45, 7) is 2.26. The molecule has 0 spiro atoms. The Hall–Kier alpha value is -1.38. The first-order valence-electron chi connectivity index (χ1n) is 7.18. The van der Waals surface area contributed by atoms with Gasteiger partial charge in [-0.3, -0.25) is 4.79 Å². The van der Waals surface area contributed by atoms with Gasteiger partial charge < -0.3 is 5.32 Å². The van der Waals surface area contributed by atoms with Gasteiger partial charge in [-0.1, -0.05) is 25.1 Å². The van der Waals surface area contributed by atoms with Crippen LogP contribution in [0.2, 0.25) is 0 Å². The van der Waals surface area contributed by atoms with Gasteiger partial charge in [-0.05, 0) is 49.7 Å². The minimum Gasteiger partial charge on any atom is -0.353 e. The maximum Gasteiger partial charge on any atom is 0.220 e. The number of benzene rings is 1. The zero-order valence-corrected chi connectivity index (χ0v) is 11.5. The Kier molecular flexibility index (Phi) is 4.94. The van der Waals surface area contributed by atoms with E-state index in [9.17, 15) is 9.18 Å². The van der Waals surface area contributed by atoms with E-state index in [1.807, 2.05) is 0 Å². The standard InChI is InChI=1S/C16H22FNO/c1-12-6-9-14(10-7-12)18-16(19)11-8-13-4-2-3-5-15(13)17/h2-5,12,14H,6-11H2,1H3,(H,18,19). The van der Waals surface area contributed by atoms with Crippen molar-refractivity contribution < 1.29 is 9.18 Å². The molecule has 1 N–H and O–H groups in total. The minimum absolute atomic E-state index is 0.0443. The molecule has 1 saturated carbocycles. The number of carbonyl (C=O) groups is 1. The number of rotatable bonds is 4. The van der Waals surface area contributed by atoms with Crippen LogP contribution in [0.5, 0.6) is 0 Å². The van der Waals surface area contributed by atoms with Crippen LogP contribution in [0.25, 0.3) is 0 Å². The first kappa shape index (κ1) is 14.0. The van der Waals surface area contributed by atoms with Crippen molar-refractivity contribution in [1.82, 2.24) is 5.32 Å². The van der Waals surface area contributed by atoms with Gasteiger partial charge in [-0.15, -0.1) is 0 Å². The van der Waals surface area contributed by atoms with Crippen molar-refractivity contribution in [3.05, 3.63) is 35.6 Å². The zero-order valence-electron chi connectivity index (χ0n) is 11.5. The van der Waals surface area contributed by atoms with E-state index in [1.165, 1.54) is 18.9 Å². The molecule has 0 aliphatic heterocycles. The minimum atomic E-state index is -0.221. The molecule has 1 amide bonds. The van der Waals surface area contributed by atoms with Crippen LogP contribution in [0, 0.1) is 11.7 Å². The maximum atomic E-state index is 13.4. The summed E-state index contributed by atoms with van der Waals surface area (Å²) < 4.78 is 13.4. The van der Waals surface area contributed by atoms with Gasteiger partial charge in [-0.25, -0.2) is 4.39 Å². The molecule has 0 atom stereocenters. The van der Waals surface area contributed by atoms with E-state index in [0.717, 1.165) is 18.8 Å². The molecule has 104 valence electrons. The van der Waals surface area contributed by atoms with Gasteiger partial charge in [0.1, 0.15) is 5.82 Å².